The van der Waals surface area contributed by atoms with Crippen LogP contribution in [0, 0.1) is 0 Å². The first-order chi connectivity index (χ1) is 13.3. The zero-order valence-electron chi connectivity index (χ0n) is 15.5. The number of anilines is 1. The molecule has 2 aromatic rings. The molecule has 0 saturated carbocycles. The number of carbonyl (C=O) groups excluding carboxylic acids is 2. The van der Waals surface area contributed by atoms with Crippen molar-refractivity contribution >= 4 is 28.0 Å². The van der Waals surface area contributed by atoms with E-state index in [0.717, 1.165) is 11.8 Å². The van der Waals surface area contributed by atoms with E-state index in [1.807, 2.05) is 18.2 Å². The van der Waals surface area contributed by atoms with Gasteiger partial charge >= 0.3 is 12.1 Å². The first kappa shape index (κ1) is 21.4. The number of nitrogens with one attached hydrogen (secondary N) is 1. The SMILES string of the molecule is CCOC(=O)c1cnn(CCOS(C)(=O)=O)c1NC(=O)OCc1ccccc1. The minimum absolute atomic E-state index is 0.0119. The highest BCUT2D eigenvalue weighted by Gasteiger charge is 2.21. The maximum atomic E-state index is 12.1. The predicted octanol–water partition coefficient (Wildman–Crippen LogP) is 1.78. The van der Waals surface area contributed by atoms with Gasteiger partial charge in [-0.3, -0.25) is 9.50 Å². The van der Waals surface area contributed by atoms with Crippen LogP contribution in [0.3, 0.4) is 0 Å². The standard InChI is InChI=1S/C17H21N3O7S/c1-3-25-16(21)14-11-18-20(9-10-27-28(2,23)24)15(14)19-17(22)26-12-13-7-5-4-6-8-13/h4-8,11H,3,9-10,12H2,1-2H3,(H,19,22). The van der Waals surface area contributed by atoms with Crippen LogP contribution in [0.2, 0.25) is 0 Å². The molecule has 0 unspecified atom stereocenters. The van der Waals surface area contributed by atoms with E-state index in [4.69, 9.17) is 9.47 Å². The Hall–Kier alpha value is -2.92. The van der Waals surface area contributed by atoms with Crippen LogP contribution in [0.1, 0.15) is 22.8 Å². The van der Waals surface area contributed by atoms with Gasteiger partial charge in [-0.25, -0.2) is 14.3 Å². The van der Waals surface area contributed by atoms with Gasteiger partial charge in [0.25, 0.3) is 10.1 Å². The summed E-state index contributed by atoms with van der Waals surface area (Å²) in [5, 5.41) is 6.43. The number of rotatable bonds is 9. The first-order valence-corrected chi connectivity index (χ1v) is 10.2. The van der Waals surface area contributed by atoms with Crippen molar-refractivity contribution < 1.29 is 31.7 Å². The zero-order valence-corrected chi connectivity index (χ0v) is 16.3. The number of hydrogen-bond donors (Lipinski definition) is 1. The van der Waals surface area contributed by atoms with Crippen molar-refractivity contribution in [3.63, 3.8) is 0 Å². The van der Waals surface area contributed by atoms with Crippen LogP contribution in [-0.4, -0.2) is 49.7 Å². The average Bonchev–Trinajstić information content (AvgIpc) is 3.03. The fourth-order valence-electron chi connectivity index (χ4n) is 2.18. The Morgan fingerprint density at radius 3 is 2.54 bits per heavy atom. The van der Waals surface area contributed by atoms with E-state index in [9.17, 15) is 18.0 Å². The van der Waals surface area contributed by atoms with Crippen molar-refractivity contribution in [1.29, 1.82) is 0 Å². The van der Waals surface area contributed by atoms with Gasteiger partial charge in [-0.1, -0.05) is 30.3 Å². The molecule has 2 rings (SSSR count). The number of ether oxygens (including phenoxy) is 2. The summed E-state index contributed by atoms with van der Waals surface area (Å²) in [7, 11) is -3.63. The Morgan fingerprint density at radius 1 is 1.18 bits per heavy atom. The lowest BCUT2D eigenvalue weighted by Crippen LogP contribution is -2.20. The van der Waals surface area contributed by atoms with Crippen molar-refractivity contribution in [2.45, 2.75) is 20.1 Å². The molecule has 0 aliphatic carbocycles. The van der Waals surface area contributed by atoms with E-state index in [1.165, 1.54) is 10.9 Å². The molecule has 1 aromatic carbocycles. The van der Waals surface area contributed by atoms with E-state index in [-0.39, 0.29) is 37.7 Å². The molecule has 11 heteroatoms. The van der Waals surface area contributed by atoms with Crippen LogP contribution in [0.25, 0.3) is 0 Å². The summed E-state index contributed by atoms with van der Waals surface area (Å²) in [4.78, 5) is 24.2. The fourth-order valence-corrected chi connectivity index (χ4v) is 2.55. The molecule has 0 aliphatic heterocycles. The molecular formula is C17H21N3O7S. The van der Waals surface area contributed by atoms with E-state index in [2.05, 4.69) is 14.6 Å². The average molecular weight is 411 g/mol. The molecule has 0 spiro atoms. The minimum Gasteiger partial charge on any atom is -0.462 e. The van der Waals surface area contributed by atoms with E-state index < -0.39 is 22.2 Å². The maximum absolute atomic E-state index is 12.1. The summed E-state index contributed by atoms with van der Waals surface area (Å²) in [6, 6.07) is 9.05. The second-order valence-electron chi connectivity index (χ2n) is 5.56. The van der Waals surface area contributed by atoms with Gasteiger partial charge in [0, 0.05) is 0 Å². The number of aromatic nitrogens is 2. The van der Waals surface area contributed by atoms with Crippen LogP contribution in [-0.2, 0) is 36.9 Å². The number of hydrogen-bond acceptors (Lipinski definition) is 8. The number of carbonyl (C=O) groups is 2. The normalized spacial score (nSPS) is 11.1. The molecule has 0 fully saturated rings. The van der Waals surface area contributed by atoms with Crippen LogP contribution in [0.4, 0.5) is 10.6 Å². The monoisotopic (exact) mass is 411 g/mol. The van der Waals surface area contributed by atoms with Crippen LogP contribution in [0.15, 0.2) is 36.5 Å². The summed E-state index contributed by atoms with van der Waals surface area (Å²) < 4.78 is 38.1. The number of benzene rings is 1. The van der Waals surface area contributed by atoms with Crippen molar-refractivity contribution in [1.82, 2.24) is 9.78 Å². The van der Waals surface area contributed by atoms with E-state index in [1.54, 1.807) is 19.1 Å². The molecule has 0 saturated heterocycles. The Labute approximate surface area is 162 Å². The highest BCUT2D eigenvalue weighted by Crippen LogP contribution is 2.17. The maximum Gasteiger partial charge on any atom is 0.413 e. The molecule has 1 aromatic heterocycles. The van der Waals surface area contributed by atoms with E-state index >= 15 is 0 Å². The Bertz CT molecular complexity index is 910. The summed E-state index contributed by atoms with van der Waals surface area (Å²) in [5.74, 6) is -0.662. The van der Waals surface area contributed by atoms with Gasteiger partial charge in [-0.15, -0.1) is 0 Å². The molecule has 1 N–H and O–H groups in total. The summed E-state index contributed by atoms with van der Waals surface area (Å²) in [6.07, 6.45) is 1.33. The second-order valence-corrected chi connectivity index (χ2v) is 7.21. The smallest absolute Gasteiger partial charge is 0.413 e. The molecule has 0 aliphatic rings. The highest BCUT2D eigenvalue weighted by atomic mass is 32.2. The molecule has 10 nitrogen and oxygen atoms in total. The summed E-state index contributed by atoms with van der Waals surface area (Å²) in [5.41, 5.74) is 0.802. The van der Waals surface area contributed by atoms with Crippen molar-refractivity contribution in [2.75, 3.05) is 24.8 Å². The molecule has 0 atom stereocenters. The van der Waals surface area contributed by atoms with Crippen molar-refractivity contribution in [3.8, 4) is 0 Å². The molecule has 28 heavy (non-hydrogen) atoms. The Kier molecular flexibility index (Phi) is 7.52. The molecule has 1 amide bonds. The van der Waals surface area contributed by atoms with Gasteiger partial charge in [0.05, 0.1) is 32.2 Å². The summed E-state index contributed by atoms with van der Waals surface area (Å²) in [6.45, 7) is 1.56. The third-order valence-electron chi connectivity index (χ3n) is 3.37. The topological polar surface area (TPSA) is 126 Å². The molecule has 1 heterocycles. The third kappa shape index (κ3) is 6.67. The van der Waals surface area contributed by atoms with Crippen molar-refractivity contribution in [2.24, 2.45) is 0 Å². The molecule has 0 radical (unpaired) electrons. The number of amides is 1. The minimum atomic E-state index is -3.63. The number of nitrogens with zero attached hydrogens (tertiary/aromatic N) is 2. The fraction of sp³-hybridized carbons (Fsp3) is 0.353. The lowest BCUT2D eigenvalue weighted by molar-refractivity contribution is 0.0527. The van der Waals surface area contributed by atoms with Gasteiger partial charge < -0.3 is 9.47 Å². The molecule has 0 bridgehead atoms. The molecular weight excluding hydrogens is 390 g/mol. The Balaban J connectivity index is 2.10. The Morgan fingerprint density at radius 2 is 1.89 bits per heavy atom. The summed E-state index contributed by atoms with van der Waals surface area (Å²) >= 11 is 0. The van der Waals surface area contributed by atoms with Crippen LogP contribution in [0.5, 0.6) is 0 Å². The quantitative estimate of drug-likeness (QED) is 0.489. The largest absolute Gasteiger partial charge is 0.462 e. The van der Waals surface area contributed by atoms with Crippen molar-refractivity contribution in [3.05, 3.63) is 47.7 Å². The second kappa shape index (κ2) is 9.85. The van der Waals surface area contributed by atoms with Gasteiger partial charge in [-0.05, 0) is 12.5 Å². The van der Waals surface area contributed by atoms with E-state index in [0.29, 0.717) is 0 Å². The van der Waals surface area contributed by atoms with Gasteiger partial charge in [0.15, 0.2) is 0 Å². The lowest BCUT2D eigenvalue weighted by atomic mass is 10.2. The van der Waals surface area contributed by atoms with Crippen LogP contribution >= 0.6 is 0 Å². The van der Waals surface area contributed by atoms with Gasteiger partial charge in [-0.2, -0.15) is 13.5 Å². The first-order valence-electron chi connectivity index (χ1n) is 8.35. The van der Waals surface area contributed by atoms with Crippen LogP contribution < -0.4 is 5.32 Å². The van der Waals surface area contributed by atoms with Gasteiger partial charge in [0.2, 0.25) is 0 Å². The zero-order chi connectivity index (χ0) is 20.6. The lowest BCUT2D eigenvalue weighted by Gasteiger charge is -2.11. The van der Waals surface area contributed by atoms with Gasteiger partial charge in [0.1, 0.15) is 18.0 Å². The highest BCUT2D eigenvalue weighted by molar-refractivity contribution is 7.85. The molecule has 152 valence electrons. The number of esters is 1. The predicted molar refractivity (Wildman–Crippen MR) is 99.2 cm³/mol. The third-order valence-corrected chi connectivity index (χ3v) is 3.96.